The molecule has 0 aromatic heterocycles. The van der Waals surface area contributed by atoms with Crippen LogP contribution in [0.25, 0.3) is 0 Å². The summed E-state index contributed by atoms with van der Waals surface area (Å²) in [5.74, 6) is -1.62. The van der Waals surface area contributed by atoms with Crippen LogP contribution in [-0.4, -0.2) is 21.6 Å². The number of nitrogens with zero attached hydrogens (tertiary/aromatic N) is 3. The minimum absolute atomic E-state index is 0.328. The maximum absolute atomic E-state index is 12.7. The van der Waals surface area contributed by atoms with Gasteiger partial charge >= 0.3 is 0 Å². The van der Waals surface area contributed by atoms with Crippen molar-refractivity contribution in [3.8, 4) is 18.2 Å². The molecule has 2 heterocycles. The smallest absolute Gasteiger partial charge is 0.246 e. The number of amides is 1. The summed E-state index contributed by atoms with van der Waals surface area (Å²) in [6, 6.07) is 14.3. The zero-order valence-corrected chi connectivity index (χ0v) is 13.4. The minimum atomic E-state index is -1.93. The lowest BCUT2D eigenvalue weighted by Gasteiger charge is -2.59. The van der Waals surface area contributed by atoms with Crippen molar-refractivity contribution in [1.82, 2.24) is 5.32 Å². The standard InChI is InChI=1S/C16H11BrN4O2/c17-12-11(10-4-2-1-3-5-10)15(9-20)13(22)21-16(12,23)6-14(15,7-18)8-19/h1-5,11-12,23H,6H2,(H,21,22). The highest BCUT2D eigenvalue weighted by Gasteiger charge is 2.77. The highest BCUT2D eigenvalue weighted by atomic mass is 79.9. The van der Waals surface area contributed by atoms with Gasteiger partial charge in [-0.2, -0.15) is 15.8 Å². The Hall–Kier alpha value is -2.40. The van der Waals surface area contributed by atoms with Gasteiger partial charge in [-0.15, -0.1) is 0 Å². The molecule has 4 atom stereocenters. The zero-order chi connectivity index (χ0) is 16.9. The molecule has 2 aliphatic heterocycles. The lowest BCUT2D eigenvalue weighted by atomic mass is 9.47. The zero-order valence-electron chi connectivity index (χ0n) is 11.8. The highest BCUT2D eigenvalue weighted by molar-refractivity contribution is 9.09. The van der Waals surface area contributed by atoms with Gasteiger partial charge in [-0.05, 0) is 5.56 Å². The van der Waals surface area contributed by atoms with Gasteiger partial charge in [-0.3, -0.25) is 4.79 Å². The van der Waals surface area contributed by atoms with E-state index in [1.54, 1.807) is 30.3 Å². The van der Waals surface area contributed by atoms with Crippen molar-refractivity contribution in [3.05, 3.63) is 35.9 Å². The number of rotatable bonds is 1. The third-order valence-electron chi connectivity index (χ3n) is 4.83. The van der Waals surface area contributed by atoms with E-state index in [0.717, 1.165) is 0 Å². The van der Waals surface area contributed by atoms with E-state index >= 15 is 0 Å². The van der Waals surface area contributed by atoms with E-state index in [4.69, 9.17) is 0 Å². The molecule has 0 radical (unpaired) electrons. The maximum Gasteiger partial charge on any atom is 0.246 e. The molecule has 0 spiro atoms. The summed E-state index contributed by atoms with van der Waals surface area (Å²) in [7, 11) is 0. The molecule has 7 heteroatoms. The molecule has 2 N–H and O–H groups in total. The molecule has 1 aromatic rings. The third-order valence-corrected chi connectivity index (χ3v) is 6.11. The number of nitrogens with one attached hydrogen (secondary N) is 1. The Morgan fingerprint density at radius 1 is 1.17 bits per heavy atom. The van der Waals surface area contributed by atoms with E-state index in [9.17, 15) is 25.7 Å². The Morgan fingerprint density at radius 2 is 1.78 bits per heavy atom. The van der Waals surface area contributed by atoms with Crippen molar-refractivity contribution >= 4 is 21.8 Å². The number of benzene rings is 1. The normalized spacial score (nSPS) is 37.1. The van der Waals surface area contributed by atoms with E-state index < -0.39 is 33.2 Å². The molecule has 114 valence electrons. The van der Waals surface area contributed by atoms with Gasteiger partial charge in [-0.25, -0.2) is 0 Å². The van der Waals surface area contributed by atoms with E-state index in [-0.39, 0.29) is 6.42 Å². The summed E-state index contributed by atoms with van der Waals surface area (Å²) in [4.78, 5) is 12.0. The number of halogens is 1. The van der Waals surface area contributed by atoms with Crippen LogP contribution < -0.4 is 5.32 Å². The van der Waals surface area contributed by atoms with Crippen LogP contribution in [0.4, 0.5) is 0 Å². The Kier molecular flexibility index (Phi) is 3.23. The lowest BCUT2D eigenvalue weighted by molar-refractivity contribution is -0.172. The molecule has 1 aliphatic carbocycles. The maximum atomic E-state index is 12.7. The van der Waals surface area contributed by atoms with Crippen molar-refractivity contribution in [2.75, 3.05) is 0 Å². The Bertz CT molecular complexity index is 792. The van der Waals surface area contributed by atoms with Crippen LogP contribution in [0.3, 0.4) is 0 Å². The predicted molar refractivity (Wildman–Crippen MR) is 81.3 cm³/mol. The van der Waals surface area contributed by atoms with Gasteiger partial charge in [0.05, 0.1) is 23.0 Å². The van der Waals surface area contributed by atoms with Gasteiger partial charge in [0.15, 0.2) is 16.6 Å². The molecule has 2 bridgehead atoms. The van der Waals surface area contributed by atoms with E-state index in [0.29, 0.717) is 5.56 Å². The van der Waals surface area contributed by atoms with Crippen LogP contribution in [0.15, 0.2) is 30.3 Å². The molecule has 3 fully saturated rings. The number of piperidine rings is 2. The van der Waals surface area contributed by atoms with Gasteiger partial charge in [0.2, 0.25) is 5.91 Å². The first kappa shape index (κ1) is 15.5. The highest BCUT2D eigenvalue weighted by Crippen LogP contribution is 2.64. The number of hydrogen-bond acceptors (Lipinski definition) is 5. The van der Waals surface area contributed by atoms with Crippen molar-refractivity contribution in [1.29, 1.82) is 15.8 Å². The van der Waals surface area contributed by atoms with Crippen molar-refractivity contribution in [2.45, 2.75) is 22.9 Å². The fourth-order valence-corrected chi connectivity index (χ4v) is 4.70. The molecule has 1 amide bonds. The summed E-state index contributed by atoms with van der Waals surface area (Å²) in [6.07, 6.45) is -0.328. The number of aliphatic hydroxyl groups is 1. The molecule has 4 unspecified atom stereocenters. The number of fused-ring (bicyclic) bond motifs is 3. The van der Waals surface area contributed by atoms with Gasteiger partial charge in [0, 0.05) is 12.3 Å². The topological polar surface area (TPSA) is 121 Å². The molecule has 6 nitrogen and oxygen atoms in total. The van der Waals surface area contributed by atoms with Gasteiger partial charge in [0.1, 0.15) is 0 Å². The quantitative estimate of drug-likeness (QED) is 0.721. The average Bonchev–Trinajstić information content (AvgIpc) is 2.56. The number of carbonyl (C=O) groups is 1. The number of hydrogen-bond donors (Lipinski definition) is 2. The number of nitriles is 3. The lowest BCUT2D eigenvalue weighted by Crippen LogP contribution is -2.77. The van der Waals surface area contributed by atoms with Crippen molar-refractivity contribution in [3.63, 3.8) is 0 Å². The molecule has 4 rings (SSSR count). The third kappa shape index (κ3) is 1.65. The first-order valence-corrected chi connectivity index (χ1v) is 7.80. The van der Waals surface area contributed by atoms with Gasteiger partial charge in [0.25, 0.3) is 0 Å². The molecule has 3 aliphatic rings. The summed E-state index contributed by atoms with van der Waals surface area (Å²) >= 11 is 3.38. The second-order valence-electron chi connectivity index (χ2n) is 5.89. The molecule has 23 heavy (non-hydrogen) atoms. The fourth-order valence-electron chi connectivity index (χ4n) is 3.72. The largest absolute Gasteiger partial charge is 0.370 e. The van der Waals surface area contributed by atoms with E-state index in [1.807, 2.05) is 18.2 Å². The SMILES string of the molecule is N#CC1(C#N)CC2(O)NC(=O)C1(C#N)C(c1ccccc1)C2Br. The van der Waals surface area contributed by atoms with Crippen LogP contribution in [-0.2, 0) is 4.79 Å². The second kappa shape index (κ2) is 4.80. The van der Waals surface area contributed by atoms with Gasteiger partial charge < -0.3 is 10.4 Å². The minimum Gasteiger partial charge on any atom is -0.370 e. The van der Waals surface area contributed by atoms with Gasteiger partial charge in [-0.1, -0.05) is 46.3 Å². The van der Waals surface area contributed by atoms with Crippen LogP contribution in [0, 0.1) is 44.8 Å². The first-order chi connectivity index (χ1) is 10.9. The van der Waals surface area contributed by atoms with E-state index in [1.165, 1.54) is 0 Å². The van der Waals surface area contributed by atoms with Crippen LogP contribution in [0.2, 0.25) is 0 Å². The predicted octanol–water partition coefficient (Wildman–Crippen LogP) is 1.30. The Balaban J connectivity index is 2.36. The Labute approximate surface area is 141 Å². The van der Waals surface area contributed by atoms with Crippen LogP contribution in [0.5, 0.6) is 0 Å². The molecular formula is C16H11BrN4O2. The van der Waals surface area contributed by atoms with Crippen LogP contribution in [0.1, 0.15) is 17.9 Å². The fraction of sp³-hybridized carbons (Fsp3) is 0.375. The molecular weight excluding hydrogens is 360 g/mol. The summed E-state index contributed by atoms with van der Waals surface area (Å²) < 4.78 is 0. The molecule has 1 aromatic carbocycles. The van der Waals surface area contributed by atoms with Crippen molar-refractivity contribution in [2.24, 2.45) is 10.8 Å². The first-order valence-electron chi connectivity index (χ1n) is 6.88. The van der Waals surface area contributed by atoms with Crippen molar-refractivity contribution < 1.29 is 9.90 Å². The Morgan fingerprint density at radius 3 is 2.30 bits per heavy atom. The molecule has 1 saturated carbocycles. The summed E-state index contributed by atoms with van der Waals surface area (Å²) in [6.45, 7) is 0. The molecule has 2 saturated heterocycles. The monoisotopic (exact) mass is 370 g/mol. The average molecular weight is 371 g/mol. The number of carbonyl (C=O) groups excluding carboxylic acids is 1. The van der Waals surface area contributed by atoms with E-state index in [2.05, 4.69) is 21.2 Å². The second-order valence-corrected chi connectivity index (χ2v) is 6.88. The number of alkyl halides is 1. The summed E-state index contributed by atoms with van der Waals surface area (Å²) in [5.41, 5.74) is -5.00. The summed E-state index contributed by atoms with van der Waals surface area (Å²) in [5, 5.41) is 42.3. The van der Waals surface area contributed by atoms with Crippen LogP contribution >= 0.6 is 15.9 Å².